The molecule has 6 N–H and O–H groups in total. The molecule has 3 aromatic carbocycles. The monoisotopic (exact) mass is 911 g/mol. The van der Waals surface area contributed by atoms with Crippen molar-refractivity contribution in [2.75, 3.05) is 25.1 Å². The Hall–Kier alpha value is -7.20. The number of primary amides is 1. The van der Waals surface area contributed by atoms with Gasteiger partial charge in [0.25, 0.3) is 5.56 Å². The van der Waals surface area contributed by atoms with Gasteiger partial charge in [-0.05, 0) is 116 Å². The molecule has 1 atom stereocenters. The van der Waals surface area contributed by atoms with Crippen LogP contribution in [0.2, 0.25) is 0 Å². The minimum absolute atomic E-state index is 0.0468. The van der Waals surface area contributed by atoms with Gasteiger partial charge in [0.15, 0.2) is 5.60 Å². The van der Waals surface area contributed by atoms with Gasteiger partial charge in [0, 0.05) is 66.4 Å². The normalized spacial score (nSPS) is 16.6. The van der Waals surface area contributed by atoms with Crippen LogP contribution in [0.1, 0.15) is 99.1 Å². The van der Waals surface area contributed by atoms with Crippen LogP contribution in [0.25, 0.3) is 33.2 Å². The van der Waals surface area contributed by atoms with Crippen LogP contribution in [0.15, 0.2) is 71.7 Å². The van der Waals surface area contributed by atoms with Crippen LogP contribution in [-0.4, -0.2) is 78.8 Å². The van der Waals surface area contributed by atoms with E-state index < -0.39 is 17.6 Å². The third kappa shape index (κ3) is 8.34. The van der Waals surface area contributed by atoms with Crippen molar-refractivity contribution in [2.45, 2.75) is 97.4 Å². The third-order valence-corrected chi connectivity index (χ3v) is 13.7. The van der Waals surface area contributed by atoms with Crippen molar-refractivity contribution in [3.8, 4) is 28.6 Å². The maximum absolute atomic E-state index is 13.4. The van der Waals surface area contributed by atoms with Gasteiger partial charge in [0.1, 0.15) is 29.7 Å². The fourth-order valence-electron chi connectivity index (χ4n) is 10.0. The molecular formula is C51H57N7O9. The number of cyclic esters (lactones) is 1. The molecule has 3 amide bonds. The lowest BCUT2D eigenvalue weighted by molar-refractivity contribution is -0.176. The molecule has 1 unspecified atom stereocenters. The maximum atomic E-state index is 13.4. The van der Waals surface area contributed by atoms with Crippen LogP contribution >= 0.6 is 0 Å². The average Bonchev–Trinajstić information content (AvgIpc) is 3.89. The van der Waals surface area contributed by atoms with E-state index in [1.165, 1.54) is 19.2 Å². The van der Waals surface area contributed by atoms with Gasteiger partial charge in [-0.15, -0.1) is 0 Å². The molecule has 350 valence electrons. The number of fused-ring (bicyclic) bond motifs is 6. The number of rotatable bonds is 11. The molecule has 0 aliphatic carbocycles. The number of amidine groups is 1. The molecule has 67 heavy (non-hydrogen) atoms. The number of phenols is 3. The first kappa shape index (κ1) is 46.3. The summed E-state index contributed by atoms with van der Waals surface area (Å²) >= 11 is 0. The smallest absolute Gasteiger partial charge is 0.343 e. The number of nitrogens with two attached hydrogens (primary N) is 1. The van der Waals surface area contributed by atoms with Gasteiger partial charge >= 0.3 is 12.0 Å². The van der Waals surface area contributed by atoms with E-state index in [9.17, 15) is 34.5 Å². The number of aryl methyl sites for hydroxylation is 2. The molecule has 9 rings (SSSR count). The van der Waals surface area contributed by atoms with E-state index in [2.05, 4.69) is 11.5 Å². The molecule has 0 bridgehead atoms. The molecule has 16 nitrogen and oxygen atoms in total. The number of methoxy groups -OCH3 is 1. The van der Waals surface area contributed by atoms with Crippen molar-refractivity contribution in [3.05, 3.63) is 111 Å². The van der Waals surface area contributed by atoms with Crippen molar-refractivity contribution in [1.29, 1.82) is 5.41 Å². The second kappa shape index (κ2) is 18.6. The molecule has 3 aliphatic rings. The number of pyridine rings is 2. The average molecular weight is 912 g/mol. The maximum Gasteiger partial charge on any atom is 0.343 e. The number of hydrogen-bond donors (Lipinski definition) is 5. The number of likely N-dealkylation sites (tertiary alicyclic amines) is 1. The summed E-state index contributed by atoms with van der Waals surface area (Å²) in [6, 6.07) is 16.3. The third-order valence-electron chi connectivity index (χ3n) is 13.7. The van der Waals surface area contributed by atoms with Crippen molar-refractivity contribution in [1.82, 2.24) is 19.0 Å². The van der Waals surface area contributed by atoms with Gasteiger partial charge in [-0.25, -0.2) is 19.5 Å². The van der Waals surface area contributed by atoms with Gasteiger partial charge in [-0.3, -0.25) is 15.0 Å². The molecule has 0 spiro atoms. The van der Waals surface area contributed by atoms with Crippen molar-refractivity contribution >= 4 is 51.7 Å². The van der Waals surface area contributed by atoms with Crippen molar-refractivity contribution < 1.29 is 39.2 Å². The van der Waals surface area contributed by atoms with Crippen LogP contribution in [0.4, 0.5) is 10.5 Å². The predicted molar refractivity (Wildman–Crippen MR) is 255 cm³/mol. The first-order valence-corrected chi connectivity index (χ1v) is 22.8. The molecule has 6 heterocycles. The number of nitrogens with one attached hydrogen (secondary N) is 1. The number of phenolic OH excluding ortho intramolecular Hbond substituents is 3. The molecular weight excluding hydrogens is 855 g/mol. The Morgan fingerprint density at radius 2 is 1.79 bits per heavy atom. The van der Waals surface area contributed by atoms with Gasteiger partial charge in [-0.2, -0.15) is 0 Å². The van der Waals surface area contributed by atoms with Crippen LogP contribution in [0.5, 0.6) is 17.2 Å². The Morgan fingerprint density at radius 3 is 2.46 bits per heavy atom. The van der Waals surface area contributed by atoms with E-state index >= 15 is 0 Å². The number of hydrogen-bond acceptors (Lipinski definition) is 11. The predicted octanol–water partition coefficient (Wildman–Crippen LogP) is 7.74. The Balaban J connectivity index is 0.000000185. The minimum atomic E-state index is -1.29. The highest BCUT2D eigenvalue weighted by Gasteiger charge is 2.47. The minimum Gasteiger partial charge on any atom is -0.508 e. The Morgan fingerprint density at radius 1 is 1.03 bits per heavy atom. The van der Waals surface area contributed by atoms with Crippen LogP contribution in [0, 0.1) is 11.3 Å². The molecule has 0 radical (unpaired) electrons. The number of ether oxygens (including phenoxy) is 2. The van der Waals surface area contributed by atoms with Crippen LogP contribution < -0.4 is 16.2 Å². The van der Waals surface area contributed by atoms with E-state index in [1.54, 1.807) is 34.9 Å². The van der Waals surface area contributed by atoms with Crippen molar-refractivity contribution in [3.63, 3.8) is 0 Å². The fourth-order valence-corrected chi connectivity index (χ4v) is 10.0. The number of aromatic hydroxyl groups is 3. The highest BCUT2D eigenvalue weighted by Crippen LogP contribution is 2.42. The topological polar surface area (TPSA) is 227 Å². The molecule has 1 fully saturated rings. The number of urea groups is 1. The van der Waals surface area contributed by atoms with Gasteiger partial charge in [0.2, 0.25) is 6.41 Å². The quantitative estimate of drug-likeness (QED) is 0.0367. The zero-order valence-electron chi connectivity index (χ0n) is 38.5. The number of amides is 3. The molecule has 3 aliphatic heterocycles. The first-order chi connectivity index (χ1) is 32.1. The number of benzene rings is 3. The molecule has 6 aromatic rings. The van der Waals surface area contributed by atoms with Crippen LogP contribution in [-0.2, 0) is 50.8 Å². The van der Waals surface area contributed by atoms with Crippen LogP contribution in [0.3, 0.4) is 0 Å². The summed E-state index contributed by atoms with van der Waals surface area (Å²) < 4.78 is 14.8. The fraction of sp³-hybridized carbons (Fsp3) is 0.373. The van der Waals surface area contributed by atoms with Gasteiger partial charge in [-0.1, -0.05) is 27.7 Å². The van der Waals surface area contributed by atoms with Gasteiger partial charge in [0.05, 0.1) is 40.3 Å². The SMILES string of the molecule is CC(C)c1cc(C(=N)N(C(N)=O)c2ccc3c(ccn3CCCC3CCN(C=O)CC3)c2)c(O)cc1O.CCc1c2c(nc3ccc(O)cc13)-c1cc3c(c(=O)n1C2)COC(=O)C3(CC)OC. The summed E-state index contributed by atoms with van der Waals surface area (Å²) in [5.74, 6) is -0.330. The molecule has 3 aromatic heterocycles. The Labute approximate surface area is 387 Å². The Bertz CT molecular complexity index is 3000. The lowest BCUT2D eigenvalue weighted by atomic mass is 9.85. The lowest BCUT2D eigenvalue weighted by Crippen LogP contribution is -2.45. The van der Waals surface area contributed by atoms with E-state index in [1.807, 2.05) is 50.1 Å². The second-order valence-electron chi connectivity index (χ2n) is 17.8. The largest absolute Gasteiger partial charge is 0.508 e. The zero-order chi connectivity index (χ0) is 47.9. The number of carbonyl (C=O) groups is 3. The number of piperidine rings is 1. The van der Waals surface area contributed by atoms with E-state index in [0.717, 1.165) is 102 Å². The summed E-state index contributed by atoms with van der Waals surface area (Å²) in [4.78, 5) is 57.1. The molecule has 16 heteroatoms. The summed E-state index contributed by atoms with van der Waals surface area (Å²) in [7, 11) is 1.46. The summed E-state index contributed by atoms with van der Waals surface area (Å²) in [6.07, 6.45) is 8.32. The summed E-state index contributed by atoms with van der Waals surface area (Å²) in [5.41, 5.74) is 11.5. The number of carbonyl (C=O) groups excluding carboxylic acids is 3. The van der Waals surface area contributed by atoms with E-state index in [-0.39, 0.29) is 46.7 Å². The summed E-state index contributed by atoms with van der Waals surface area (Å²) in [5, 5.41) is 41.0. The number of nitrogens with zero attached hydrogens (tertiary/aromatic N) is 5. The van der Waals surface area contributed by atoms with Gasteiger partial charge < -0.3 is 44.6 Å². The highest BCUT2D eigenvalue weighted by atomic mass is 16.6. The summed E-state index contributed by atoms with van der Waals surface area (Å²) in [6.45, 7) is 10.6. The van der Waals surface area contributed by atoms with E-state index in [4.69, 9.17) is 25.6 Å². The standard InChI is InChI=1S/C28H35N5O4.C23H22N2O5/c1-18(2)22-15-23(26(36)16-25(22)35)27(29)33(28(30)37)21-5-6-24-20(14-21)9-13-32(24)10-3-4-19-7-11-31(17-34)12-8-19;1-4-13-14-8-12(26)6-7-18(14)24-20-15(13)10-25-19(20)9-17-16(21(25)27)11-30-22(28)23(17,5-2)29-3/h5-6,9,13-19,29,35-36H,3-4,7-8,10-12H2,1-2H3,(H2,30,37);6-9,26H,4-5,10-11H2,1-3H3. The first-order valence-electron chi connectivity index (χ1n) is 22.8. The molecule has 0 saturated carbocycles. The zero-order valence-corrected chi connectivity index (χ0v) is 38.5. The lowest BCUT2D eigenvalue weighted by Gasteiger charge is -2.34. The Kier molecular flexibility index (Phi) is 12.9. The molecule has 1 saturated heterocycles. The number of aromatic nitrogens is 3. The number of esters is 1. The van der Waals surface area contributed by atoms with E-state index in [0.29, 0.717) is 47.0 Å². The highest BCUT2D eigenvalue weighted by molar-refractivity contribution is 6.22. The number of anilines is 1. The van der Waals surface area contributed by atoms with Crippen molar-refractivity contribution in [2.24, 2.45) is 11.7 Å². The second-order valence-corrected chi connectivity index (χ2v) is 17.8.